The molecule has 0 saturated carbocycles. The molecule has 0 aliphatic heterocycles. The predicted molar refractivity (Wildman–Crippen MR) is 151 cm³/mol. The minimum absolute atomic E-state index is 0.159. The van der Waals surface area contributed by atoms with Gasteiger partial charge in [0.15, 0.2) is 5.82 Å². The van der Waals surface area contributed by atoms with Crippen LogP contribution < -0.4 is 0 Å². The van der Waals surface area contributed by atoms with E-state index in [0.29, 0.717) is 5.82 Å². The number of aryl methyl sites for hydroxylation is 2. The van der Waals surface area contributed by atoms with Crippen molar-refractivity contribution in [2.24, 2.45) is 0 Å². The van der Waals surface area contributed by atoms with Gasteiger partial charge >= 0.3 is 0 Å². The number of rotatable bonds is 3. The van der Waals surface area contributed by atoms with Crippen molar-refractivity contribution in [3.63, 3.8) is 0 Å². The van der Waals surface area contributed by atoms with Crippen molar-refractivity contribution >= 4 is 0 Å². The topological polar surface area (TPSA) is 51.6 Å². The summed E-state index contributed by atoms with van der Waals surface area (Å²) in [7, 11) is 0. The van der Waals surface area contributed by atoms with Gasteiger partial charge in [-0.1, -0.05) is 82.2 Å². The monoisotopic (exact) mass is 484 g/mol. The molecular weight excluding hydrogens is 440 g/mol. The molecule has 4 rings (SSSR count). The first-order valence-corrected chi connectivity index (χ1v) is 13.4. The fraction of sp³-hybridized carbons (Fsp3) is 0.562. The van der Waals surface area contributed by atoms with Crippen LogP contribution in [0.15, 0.2) is 24.4 Å². The molecule has 4 heteroatoms. The molecule has 4 nitrogen and oxygen atoms in total. The van der Waals surface area contributed by atoms with Crippen LogP contribution in [0, 0.1) is 6.92 Å². The van der Waals surface area contributed by atoms with E-state index in [1.807, 2.05) is 6.20 Å². The second kappa shape index (κ2) is 8.46. The minimum atomic E-state index is -0.167. The zero-order chi connectivity index (χ0) is 26.8. The Morgan fingerprint density at radius 2 is 1.28 bits per heavy atom. The van der Waals surface area contributed by atoms with E-state index in [2.05, 4.69) is 101 Å². The average Bonchev–Trinajstić information content (AvgIpc) is 2.94. The van der Waals surface area contributed by atoms with Gasteiger partial charge in [-0.05, 0) is 65.0 Å². The number of pyridine rings is 1. The Balaban J connectivity index is 1.86. The van der Waals surface area contributed by atoms with Gasteiger partial charge in [0.1, 0.15) is 11.6 Å². The highest BCUT2D eigenvalue weighted by atomic mass is 15.1. The van der Waals surface area contributed by atoms with Crippen molar-refractivity contribution in [1.29, 1.82) is 0 Å². The lowest BCUT2D eigenvalue weighted by molar-refractivity contribution is 0.403. The van der Waals surface area contributed by atoms with Crippen molar-refractivity contribution in [1.82, 2.24) is 19.9 Å². The second-order valence-electron chi connectivity index (χ2n) is 14.0. The maximum Gasteiger partial charge on any atom is 0.165 e. The molecule has 36 heavy (non-hydrogen) atoms. The molecule has 1 aliphatic carbocycles. The molecule has 0 spiro atoms. The molecule has 3 aromatic rings. The van der Waals surface area contributed by atoms with Crippen molar-refractivity contribution in [3.8, 4) is 22.6 Å². The molecule has 0 radical (unpaired) electrons. The van der Waals surface area contributed by atoms with Crippen LogP contribution >= 0.6 is 0 Å². The van der Waals surface area contributed by atoms with E-state index < -0.39 is 0 Å². The number of nitrogens with zero attached hydrogens (tertiary/aromatic N) is 4. The summed E-state index contributed by atoms with van der Waals surface area (Å²) >= 11 is 0. The summed E-state index contributed by atoms with van der Waals surface area (Å²) < 4.78 is 0. The Kier molecular flexibility index (Phi) is 6.22. The van der Waals surface area contributed by atoms with E-state index in [1.54, 1.807) is 0 Å². The summed E-state index contributed by atoms with van der Waals surface area (Å²) in [6.07, 6.45) is 4.11. The molecule has 1 aliphatic rings. The first-order valence-electron chi connectivity index (χ1n) is 13.4. The Morgan fingerprint density at radius 3 is 1.75 bits per heavy atom. The number of aromatic nitrogens is 4. The van der Waals surface area contributed by atoms with E-state index in [9.17, 15) is 0 Å². The van der Waals surface area contributed by atoms with E-state index in [-0.39, 0.29) is 21.7 Å². The zero-order valence-electron chi connectivity index (χ0n) is 24.5. The molecule has 192 valence electrons. The molecule has 0 fully saturated rings. The van der Waals surface area contributed by atoms with Gasteiger partial charge in [-0.25, -0.2) is 15.0 Å². The Bertz CT molecular complexity index is 1280. The molecule has 0 saturated heterocycles. The van der Waals surface area contributed by atoms with Gasteiger partial charge in [-0.15, -0.1) is 0 Å². The van der Waals surface area contributed by atoms with Gasteiger partial charge in [-0.2, -0.15) is 0 Å². The average molecular weight is 485 g/mol. The largest absolute Gasteiger partial charge is 0.255 e. The molecule has 2 aromatic heterocycles. The molecular formula is C32H44N4. The summed E-state index contributed by atoms with van der Waals surface area (Å²) in [6.45, 7) is 26.8. The van der Waals surface area contributed by atoms with E-state index in [0.717, 1.165) is 34.9 Å². The molecule has 2 heterocycles. The minimum Gasteiger partial charge on any atom is -0.255 e. The third-order valence-electron chi connectivity index (χ3n) is 7.57. The maximum absolute atomic E-state index is 4.99. The lowest BCUT2D eigenvalue weighted by atomic mass is 9.82. The van der Waals surface area contributed by atoms with Crippen molar-refractivity contribution in [2.45, 2.75) is 118 Å². The van der Waals surface area contributed by atoms with Crippen LogP contribution in [0.3, 0.4) is 0 Å². The summed E-state index contributed by atoms with van der Waals surface area (Å²) in [5.41, 5.74) is 8.72. The Hall–Kier alpha value is -2.62. The molecule has 0 unspecified atom stereocenters. The van der Waals surface area contributed by atoms with Crippen LogP contribution in [0.4, 0.5) is 0 Å². The highest BCUT2D eigenvalue weighted by molar-refractivity contribution is 5.71. The fourth-order valence-corrected chi connectivity index (χ4v) is 5.70. The van der Waals surface area contributed by atoms with Crippen LogP contribution in [0.1, 0.15) is 116 Å². The van der Waals surface area contributed by atoms with Gasteiger partial charge in [0.05, 0.1) is 5.69 Å². The maximum atomic E-state index is 4.99. The lowest BCUT2D eigenvalue weighted by Crippen LogP contribution is -2.24. The van der Waals surface area contributed by atoms with Crippen LogP contribution in [0.2, 0.25) is 0 Å². The van der Waals surface area contributed by atoms with Crippen molar-refractivity contribution < 1.29 is 0 Å². The number of benzene rings is 1. The first-order chi connectivity index (χ1) is 16.4. The van der Waals surface area contributed by atoms with E-state index in [1.165, 1.54) is 28.7 Å². The van der Waals surface area contributed by atoms with Crippen molar-refractivity contribution in [3.05, 3.63) is 58.3 Å². The highest BCUT2D eigenvalue weighted by Gasteiger charge is 2.42. The molecule has 0 bridgehead atoms. The summed E-state index contributed by atoms with van der Waals surface area (Å²) in [6, 6.07) is 7.07. The molecule has 0 N–H and O–H groups in total. The van der Waals surface area contributed by atoms with Crippen LogP contribution in [-0.4, -0.2) is 19.9 Å². The number of hydrogen-bond acceptors (Lipinski definition) is 4. The van der Waals surface area contributed by atoms with Gasteiger partial charge < -0.3 is 0 Å². The van der Waals surface area contributed by atoms with Gasteiger partial charge in [0.25, 0.3) is 0 Å². The quantitative estimate of drug-likeness (QED) is 0.377. The molecule has 0 amide bonds. The standard InChI is InChI=1S/C32H44N4/c1-13-20-15-23-24(32(11,12)18-31(23,9)10)16-21(20)25-14-19(2)22(17-33-25)26-34-27(29(3,4)5)36-28(35-26)30(6,7)8/h14-17H,13,18H2,1-12H3. The number of hydrogen-bond donors (Lipinski definition) is 0. The normalized spacial score (nSPS) is 16.8. The molecule has 0 atom stereocenters. The SMILES string of the molecule is CCc1cc2c(cc1-c1cc(C)c(-c3nc(C(C)(C)C)nc(C(C)(C)C)n3)cn1)C(C)(C)CC2(C)C. The third-order valence-corrected chi connectivity index (χ3v) is 7.57. The lowest BCUT2D eigenvalue weighted by Gasteiger charge is -2.23. The summed E-state index contributed by atoms with van der Waals surface area (Å²) in [5.74, 6) is 2.35. The highest BCUT2D eigenvalue weighted by Crippen LogP contribution is 2.51. The van der Waals surface area contributed by atoms with Crippen LogP contribution in [0.25, 0.3) is 22.6 Å². The van der Waals surface area contributed by atoms with E-state index >= 15 is 0 Å². The van der Waals surface area contributed by atoms with Gasteiger partial charge in [-0.3, -0.25) is 4.98 Å². The smallest absolute Gasteiger partial charge is 0.165 e. The third kappa shape index (κ3) is 4.71. The van der Waals surface area contributed by atoms with Crippen molar-refractivity contribution in [2.75, 3.05) is 0 Å². The van der Waals surface area contributed by atoms with Crippen LogP contribution in [0.5, 0.6) is 0 Å². The van der Waals surface area contributed by atoms with Gasteiger partial charge in [0, 0.05) is 28.2 Å². The Labute approximate surface area is 218 Å². The first kappa shape index (κ1) is 26.4. The summed E-state index contributed by atoms with van der Waals surface area (Å²) in [5, 5.41) is 0. The Morgan fingerprint density at radius 1 is 0.750 bits per heavy atom. The van der Waals surface area contributed by atoms with Gasteiger partial charge in [0.2, 0.25) is 0 Å². The van der Waals surface area contributed by atoms with Crippen LogP contribution in [-0.2, 0) is 28.1 Å². The zero-order valence-corrected chi connectivity index (χ0v) is 24.5. The second-order valence-corrected chi connectivity index (χ2v) is 14.0. The predicted octanol–water partition coefficient (Wildman–Crippen LogP) is 8.03. The number of fused-ring (bicyclic) bond motifs is 1. The molecule has 1 aromatic carbocycles. The van der Waals surface area contributed by atoms with E-state index in [4.69, 9.17) is 19.9 Å². The summed E-state index contributed by atoms with van der Waals surface area (Å²) in [4.78, 5) is 19.6. The fourth-order valence-electron chi connectivity index (χ4n) is 5.70.